The SMILES string of the molecule is CC(Nc1cc(C(=O)N(C)C)ccc1Cl)c1ccc(Br)s1. The van der Waals surface area contributed by atoms with Crippen LogP contribution in [0.5, 0.6) is 0 Å². The molecular weight excluding hydrogens is 372 g/mol. The number of rotatable bonds is 4. The quantitative estimate of drug-likeness (QED) is 0.797. The van der Waals surface area contributed by atoms with Crippen LogP contribution in [0, 0.1) is 0 Å². The van der Waals surface area contributed by atoms with Crippen LogP contribution in [0.4, 0.5) is 5.69 Å². The smallest absolute Gasteiger partial charge is 0.253 e. The summed E-state index contributed by atoms with van der Waals surface area (Å²) < 4.78 is 1.09. The summed E-state index contributed by atoms with van der Waals surface area (Å²) >= 11 is 11.4. The van der Waals surface area contributed by atoms with Crippen molar-refractivity contribution in [1.82, 2.24) is 4.90 Å². The van der Waals surface area contributed by atoms with E-state index in [2.05, 4.69) is 34.2 Å². The molecule has 2 rings (SSSR count). The van der Waals surface area contributed by atoms with Gasteiger partial charge < -0.3 is 10.2 Å². The number of carbonyl (C=O) groups is 1. The summed E-state index contributed by atoms with van der Waals surface area (Å²) in [6, 6.07) is 9.48. The fourth-order valence-corrected chi connectivity index (χ4v) is 3.49. The molecule has 6 heteroatoms. The molecule has 0 fully saturated rings. The predicted octanol–water partition coefficient (Wildman–Crippen LogP) is 5.04. The van der Waals surface area contributed by atoms with Crippen LogP contribution in [0.1, 0.15) is 28.2 Å². The highest BCUT2D eigenvalue weighted by molar-refractivity contribution is 9.11. The number of hydrogen-bond donors (Lipinski definition) is 1. The number of amides is 1. The molecule has 1 unspecified atom stereocenters. The third kappa shape index (κ3) is 3.99. The molecule has 0 saturated heterocycles. The lowest BCUT2D eigenvalue weighted by Crippen LogP contribution is -2.21. The zero-order valence-corrected chi connectivity index (χ0v) is 15.1. The van der Waals surface area contributed by atoms with Crippen molar-refractivity contribution < 1.29 is 4.79 Å². The van der Waals surface area contributed by atoms with E-state index in [0.29, 0.717) is 10.6 Å². The van der Waals surface area contributed by atoms with Crippen molar-refractivity contribution in [1.29, 1.82) is 0 Å². The minimum absolute atomic E-state index is 0.0405. The Labute approximate surface area is 142 Å². The van der Waals surface area contributed by atoms with Crippen molar-refractivity contribution in [2.75, 3.05) is 19.4 Å². The number of nitrogens with zero attached hydrogens (tertiary/aromatic N) is 1. The Hall–Kier alpha value is -1.04. The Morgan fingerprint density at radius 1 is 1.33 bits per heavy atom. The monoisotopic (exact) mass is 386 g/mol. The molecule has 0 radical (unpaired) electrons. The van der Waals surface area contributed by atoms with Crippen LogP contribution in [0.2, 0.25) is 5.02 Å². The first-order valence-electron chi connectivity index (χ1n) is 6.41. The highest BCUT2D eigenvalue weighted by Crippen LogP contribution is 2.32. The zero-order valence-electron chi connectivity index (χ0n) is 12.0. The number of halogens is 2. The van der Waals surface area contributed by atoms with Gasteiger partial charge in [0.1, 0.15) is 0 Å². The van der Waals surface area contributed by atoms with Gasteiger partial charge in [-0.15, -0.1) is 11.3 Å². The first-order valence-corrected chi connectivity index (χ1v) is 8.40. The van der Waals surface area contributed by atoms with Crippen molar-refractivity contribution in [3.05, 3.63) is 49.6 Å². The van der Waals surface area contributed by atoms with Gasteiger partial charge in [0.05, 0.1) is 20.5 Å². The van der Waals surface area contributed by atoms with Gasteiger partial charge in [0.25, 0.3) is 5.91 Å². The maximum Gasteiger partial charge on any atom is 0.253 e. The third-order valence-electron chi connectivity index (χ3n) is 3.01. The molecule has 0 aliphatic heterocycles. The summed E-state index contributed by atoms with van der Waals surface area (Å²) in [5.74, 6) is -0.0405. The highest BCUT2D eigenvalue weighted by Gasteiger charge is 2.13. The van der Waals surface area contributed by atoms with Gasteiger partial charge in [0.2, 0.25) is 0 Å². The van der Waals surface area contributed by atoms with Crippen LogP contribution in [-0.4, -0.2) is 24.9 Å². The zero-order chi connectivity index (χ0) is 15.6. The highest BCUT2D eigenvalue weighted by atomic mass is 79.9. The number of hydrogen-bond acceptors (Lipinski definition) is 3. The first kappa shape index (κ1) is 16.3. The maximum atomic E-state index is 12.0. The molecular formula is C15H16BrClN2OS. The first-order chi connectivity index (χ1) is 9.88. The summed E-state index contributed by atoms with van der Waals surface area (Å²) in [6.07, 6.45) is 0. The van der Waals surface area contributed by atoms with E-state index in [0.717, 1.165) is 9.47 Å². The van der Waals surface area contributed by atoms with Crippen molar-refractivity contribution in [3.63, 3.8) is 0 Å². The summed E-state index contributed by atoms with van der Waals surface area (Å²) in [7, 11) is 3.46. The number of benzene rings is 1. The molecule has 112 valence electrons. The molecule has 0 aliphatic rings. The van der Waals surface area contributed by atoms with E-state index in [-0.39, 0.29) is 11.9 Å². The predicted molar refractivity (Wildman–Crippen MR) is 93.5 cm³/mol. The van der Waals surface area contributed by atoms with Crippen LogP contribution in [0.15, 0.2) is 34.1 Å². The Kier molecular flexibility index (Phi) is 5.30. The number of carbonyl (C=O) groups excluding carboxylic acids is 1. The average molecular weight is 388 g/mol. The third-order valence-corrected chi connectivity index (χ3v) is 5.15. The van der Waals surface area contributed by atoms with Crippen LogP contribution >= 0.6 is 38.9 Å². The lowest BCUT2D eigenvalue weighted by molar-refractivity contribution is 0.0827. The summed E-state index contributed by atoms with van der Waals surface area (Å²) in [4.78, 5) is 14.8. The molecule has 0 spiro atoms. The molecule has 0 aliphatic carbocycles. The van der Waals surface area contributed by atoms with Crippen LogP contribution in [0.3, 0.4) is 0 Å². The van der Waals surface area contributed by atoms with E-state index in [1.54, 1.807) is 48.5 Å². The van der Waals surface area contributed by atoms with Crippen LogP contribution in [0.25, 0.3) is 0 Å². The van der Waals surface area contributed by atoms with Gasteiger partial charge in [-0.3, -0.25) is 4.79 Å². The standard InChI is InChI=1S/C15H16BrClN2OS/c1-9(13-6-7-14(16)21-13)18-12-8-10(4-5-11(12)17)15(20)19(2)3/h4-9,18H,1-3H3. The minimum atomic E-state index is -0.0405. The Morgan fingerprint density at radius 2 is 2.05 bits per heavy atom. The fraction of sp³-hybridized carbons (Fsp3) is 0.267. The lowest BCUT2D eigenvalue weighted by atomic mass is 10.1. The van der Waals surface area contributed by atoms with Crippen molar-refractivity contribution in [2.45, 2.75) is 13.0 Å². The molecule has 0 bridgehead atoms. The van der Waals surface area contributed by atoms with Gasteiger partial charge in [0, 0.05) is 24.5 Å². The van der Waals surface area contributed by atoms with E-state index < -0.39 is 0 Å². The second kappa shape index (κ2) is 6.81. The summed E-state index contributed by atoms with van der Waals surface area (Å²) in [5.41, 5.74) is 1.38. The largest absolute Gasteiger partial charge is 0.376 e. The lowest BCUT2D eigenvalue weighted by Gasteiger charge is -2.17. The second-order valence-corrected chi connectivity index (χ2v) is 7.80. The molecule has 2 aromatic rings. The number of thiophene rings is 1. The van der Waals surface area contributed by atoms with E-state index in [4.69, 9.17) is 11.6 Å². The molecule has 1 amide bonds. The van der Waals surface area contributed by atoms with E-state index in [1.165, 1.54) is 4.88 Å². The van der Waals surface area contributed by atoms with E-state index in [9.17, 15) is 4.79 Å². The molecule has 0 saturated carbocycles. The van der Waals surface area contributed by atoms with Crippen LogP contribution < -0.4 is 5.32 Å². The van der Waals surface area contributed by atoms with E-state index >= 15 is 0 Å². The van der Waals surface area contributed by atoms with Crippen molar-refractivity contribution in [3.8, 4) is 0 Å². The fourth-order valence-electron chi connectivity index (χ4n) is 1.89. The van der Waals surface area contributed by atoms with Gasteiger partial charge in [-0.1, -0.05) is 11.6 Å². The van der Waals surface area contributed by atoms with E-state index in [1.807, 2.05) is 6.07 Å². The van der Waals surface area contributed by atoms with Gasteiger partial charge in [-0.05, 0) is 53.2 Å². The van der Waals surface area contributed by atoms with Gasteiger partial charge in [0.15, 0.2) is 0 Å². The molecule has 3 nitrogen and oxygen atoms in total. The van der Waals surface area contributed by atoms with Crippen molar-refractivity contribution >= 4 is 50.5 Å². The van der Waals surface area contributed by atoms with Gasteiger partial charge >= 0.3 is 0 Å². The molecule has 1 atom stereocenters. The minimum Gasteiger partial charge on any atom is -0.376 e. The molecule has 1 N–H and O–H groups in total. The normalized spacial score (nSPS) is 12.0. The number of anilines is 1. The molecule has 1 aromatic heterocycles. The van der Waals surface area contributed by atoms with Gasteiger partial charge in [-0.25, -0.2) is 0 Å². The number of nitrogens with one attached hydrogen (secondary N) is 1. The average Bonchev–Trinajstić information content (AvgIpc) is 2.87. The van der Waals surface area contributed by atoms with Crippen LogP contribution in [-0.2, 0) is 0 Å². The summed E-state index contributed by atoms with van der Waals surface area (Å²) in [6.45, 7) is 2.06. The Balaban J connectivity index is 2.23. The van der Waals surface area contributed by atoms with Crippen molar-refractivity contribution in [2.24, 2.45) is 0 Å². The molecule has 1 heterocycles. The molecule has 21 heavy (non-hydrogen) atoms. The summed E-state index contributed by atoms with van der Waals surface area (Å²) in [5, 5.41) is 3.97. The Morgan fingerprint density at radius 3 is 2.62 bits per heavy atom. The topological polar surface area (TPSA) is 32.3 Å². The second-order valence-electron chi connectivity index (χ2n) is 4.90. The maximum absolute atomic E-state index is 12.0. The molecule has 1 aromatic carbocycles. The van der Waals surface area contributed by atoms with Gasteiger partial charge in [-0.2, -0.15) is 0 Å². The Bertz CT molecular complexity index is 657.